The molecule has 3 nitrogen and oxygen atoms in total. The Kier molecular flexibility index (Phi) is 4.42. The lowest BCUT2D eigenvalue weighted by Gasteiger charge is -2.23. The average Bonchev–Trinajstić information content (AvgIpc) is 2.45. The van der Waals surface area contributed by atoms with Gasteiger partial charge in [-0.3, -0.25) is 0 Å². The molecule has 19 heavy (non-hydrogen) atoms. The monoisotopic (exact) mass is 256 g/mol. The summed E-state index contributed by atoms with van der Waals surface area (Å²) >= 11 is 0. The van der Waals surface area contributed by atoms with Crippen molar-refractivity contribution in [3.05, 3.63) is 59.7 Å². The zero-order valence-electron chi connectivity index (χ0n) is 11.2. The van der Waals surface area contributed by atoms with Crippen LogP contribution in [-0.2, 0) is 13.1 Å². The lowest BCUT2D eigenvalue weighted by molar-refractivity contribution is 0.474. The lowest BCUT2D eigenvalue weighted by Crippen LogP contribution is -2.21. The van der Waals surface area contributed by atoms with Gasteiger partial charge in [-0.25, -0.2) is 0 Å². The maximum atomic E-state index is 9.51. The molecule has 3 heteroatoms. The smallest absolute Gasteiger partial charge is 0.115 e. The molecule has 0 heterocycles. The van der Waals surface area contributed by atoms with Gasteiger partial charge in [-0.1, -0.05) is 24.3 Å². The molecule has 0 atom stereocenters. The fraction of sp³-hybridized carbons (Fsp3) is 0.250. The largest absolute Gasteiger partial charge is 0.508 e. The van der Waals surface area contributed by atoms with Crippen LogP contribution in [0.4, 0.5) is 5.69 Å². The van der Waals surface area contributed by atoms with E-state index >= 15 is 0 Å². The molecule has 0 aliphatic carbocycles. The van der Waals surface area contributed by atoms with Crippen molar-refractivity contribution < 1.29 is 5.11 Å². The molecule has 0 saturated carbocycles. The predicted molar refractivity (Wildman–Crippen MR) is 79.2 cm³/mol. The SMILES string of the molecule is CCN(Cc1cccc(O)c1)c1ccc(CN)cc1. The summed E-state index contributed by atoms with van der Waals surface area (Å²) in [6.07, 6.45) is 0. The molecular formula is C16H20N2O. The van der Waals surface area contributed by atoms with Gasteiger partial charge in [0.15, 0.2) is 0 Å². The first-order chi connectivity index (χ1) is 9.22. The van der Waals surface area contributed by atoms with Gasteiger partial charge in [0.1, 0.15) is 5.75 Å². The highest BCUT2D eigenvalue weighted by Crippen LogP contribution is 2.19. The second-order valence-electron chi connectivity index (χ2n) is 4.55. The van der Waals surface area contributed by atoms with E-state index in [9.17, 15) is 5.11 Å². The van der Waals surface area contributed by atoms with Crippen molar-refractivity contribution >= 4 is 5.69 Å². The summed E-state index contributed by atoms with van der Waals surface area (Å²) in [6, 6.07) is 15.7. The summed E-state index contributed by atoms with van der Waals surface area (Å²) in [5, 5.41) is 9.51. The Hall–Kier alpha value is -2.00. The molecular weight excluding hydrogens is 236 g/mol. The molecule has 2 aromatic carbocycles. The number of nitrogens with zero attached hydrogens (tertiary/aromatic N) is 1. The van der Waals surface area contributed by atoms with Gasteiger partial charge in [-0.05, 0) is 42.3 Å². The predicted octanol–water partition coefficient (Wildman–Crippen LogP) is 2.88. The van der Waals surface area contributed by atoms with Crippen LogP contribution < -0.4 is 10.6 Å². The Bertz CT molecular complexity index is 523. The van der Waals surface area contributed by atoms with Crippen molar-refractivity contribution in [1.29, 1.82) is 0 Å². The Morgan fingerprint density at radius 2 is 1.79 bits per heavy atom. The second kappa shape index (κ2) is 6.25. The molecule has 0 spiro atoms. The van der Waals surface area contributed by atoms with Gasteiger partial charge in [0.05, 0.1) is 0 Å². The minimum atomic E-state index is 0.312. The van der Waals surface area contributed by atoms with Crippen LogP contribution in [0.1, 0.15) is 18.1 Å². The van der Waals surface area contributed by atoms with E-state index in [1.165, 1.54) is 5.69 Å². The van der Waals surface area contributed by atoms with Crippen LogP contribution in [0.2, 0.25) is 0 Å². The summed E-state index contributed by atoms with van der Waals surface area (Å²) < 4.78 is 0. The van der Waals surface area contributed by atoms with Gasteiger partial charge in [0.25, 0.3) is 0 Å². The summed E-state index contributed by atoms with van der Waals surface area (Å²) in [7, 11) is 0. The molecule has 2 aromatic rings. The van der Waals surface area contributed by atoms with Crippen LogP contribution in [0.5, 0.6) is 5.75 Å². The third-order valence-corrected chi connectivity index (χ3v) is 3.20. The first-order valence-corrected chi connectivity index (χ1v) is 6.54. The fourth-order valence-corrected chi connectivity index (χ4v) is 2.10. The normalized spacial score (nSPS) is 10.4. The molecule has 0 saturated heterocycles. The number of rotatable bonds is 5. The highest BCUT2D eigenvalue weighted by molar-refractivity contribution is 5.48. The Balaban J connectivity index is 2.15. The Morgan fingerprint density at radius 1 is 1.05 bits per heavy atom. The molecule has 0 aliphatic rings. The zero-order valence-corrected chi connectivity index (χ0v) is 11.2. The van der Waals surface area contributed by atoms with Gasteiger partial charge in [0, 0.05) is 25.3 Å². The van der Waals surface area contributed by atoms with Crippen LogP contribution in [0, 0.1) is 0 Å². The molecule has 0 fully saturated rings. The van der Waals surface area contributed by atoms with Gasteiger partial charge >= 0.3 is 0 Å². The van der Waals surface area contributed by atoms with E-state index < -0.39 is 0 Å². The van der Waals surface area contributed by atoms with E-state index in [1.54, 1.807) is 12.1 Å². The average molecular weight is 256 g/mol. The minimum absolute atomic E-state index is 0.312. The van der Waals surface area contributed by atoms with E-state index in [0.29, 0.717) is 12.3 Å². The van der Waals surface area contributed by atoms with Crippen molar-refractivity contribution in [1.82, 2.24) is 0 Å². The summed E-state index contributed by atoms with van der Waals surface area (Å²) in [6.45, 7) is 4.39. The van der Waals surface area contributed by atoms with Crippen LogP contribution >= 0.6 is 0 Å². The molecule has 3 N–H and O–H groups in total. The third kappa shape index (κ3) is 3.48. The maximum absolute atomic E-state index is 9.51. The topological polar surface area (TPSA) is 49.5 Å². The molecule has 2 rings (SSSR count). The third-order valence-electron chi connectivity index (χ3n) is 3.20. The number of hydrogen-bond acceptors (Lipinski definition) is 3. The molecule has 0 aromatic heterocycles. The van der Waals surface area contributed by atoms with Crippen molar-refractivity contribution in [2.24, 2.45) is 5.73 Å². The Morgan fingerprint density at radius 3 is 2.37 bits per heavy atom. The van der Waals surface area contributed by atoms with Crippen LogP contribution in [0.3, 0.4) is 0 Å². The number of phenols is 1. The lowest BCUT2D eigenvalue weighted by atomic mass is 10.1. The summed E-state index contributed by atoms with van der Waals surface area (Å²) in [4.78, 5) is 2.26. The standard InChI is InChI=1S/C16H20N2O/c1-2-18(12-14-4-3-5-16(19)10-14)15-8-6-13(11-17)7-9-15/h3-10,19H,2,11-12,17H2,1H3. The van der Waals surface area contributed by atoms with E-state index in [1.807, 2.05) is 12.1 Å². The quantitative estimate of drug-likeness (QED) is 0.864. The number of benzene rings is 2. The van der Waals surface area contributed by atoms with Crippen molar-refractivity contribution in [3.8, 4) is 5.75 Å². The van der Waals surface area contributed by atoms with Crippen LogP contribution in [-0.4, -0.2) is 11.7 Å². The minimum Gasteiger partial charge on any atom is -0.508 e. The zero-order chi connectivity index (χ0) is 13.7. The van der Waals surface area contributed by atoms with Crippen molar-refractivity contribution in [2.45, 2.75) is 20.0 Å². The summed E-state index contributed by atoms with van der Waals surface area (Å²) in [5.41, 5.74) is 9.01. The molecule has 100 valence electrons. The first-order valence-electron chi connectivity index (χ1n) is 6.54. The highest BCUT2D eigenvalue weighted by atomic mass is 16.3. The van der Waals surface area contributed by atoms with E-state index in [0.717, 1.165) is 24.2 Å². The second-order valence-corrected chi connectivity index (χ2v) is 4.55. The van der Waals surface area contributed by atoms with Gasteiger partial charge in [-0.2, -0.15) is 0 Å². The van der Waals surface area contributed by atoms with Gasteiger partial charge in [0.2, 0.25) is 0 Å². The molecule has 0 radical (unpaired) electrons. The fourth-order valence-electron chi connectivity index (χ4n) is 2.10. The van der Waals surface area contributed by atoms with Gasteiger partial charge < -0.3 is 15.7 Å². The summed E-state index contributed by atoms with van der Waals surface area (Å²) in [5.74, 6) is 0.312. The van der Waals surface area contributed by atoms with E-state index in [2.05, 4.69) is 36.1 Å². The maximum Gasteiger partial charge on any atom is 0.115 e. The highest BCUT2D eigenvalue weighted by Gasteiger charge is 2.05. The molecule has 0 bridgehead atoms. The number of hydrogen-bond donors (Lipinski definition) is 2. The van der Waals surface area contributed by atoms with E-state index in [-0.39, 0.29) is 0 Å². The first kappa shape index (κ1) is 13.4. The van der Waals surface area contributed by atoms with Crippen molar-refractivity contribution in [3.63, 3.8) is 0 Å². The molecule has 0 amide bonds. The number of aromatic hydroxyl groups is 1. The van der Waals surface area contributed by atoms with Crippen molar-refractivity contribution in [2.75, 3.05) is 11.4 Å². The number of anilines is 1. The Labute approximate surface area is 114 Å². The number of nitrogens with two attached hydrogens (primary N) is 1. The van der Waals surface area contributed by atoms with Crippen LogP contribution in [0.15, 0.2) is 48.5 Å². The van der Waals surface area contributed by atoms with Gasteiger partial charge in [-0.15, -0.1) is 0 Å². The number of phenolic OH excluding ortho intramolecular Hbond substituents is 1. The molecule has 0 unspecified atom stereocenters. The van der Waals surface area contributed by atoms with Crippen LogP contribution in [0.25, 0.3) is 0 Å². The van der Waals surface area contributed by atoms with E-state index in [4.69, 9.17) is 5.73 Å². The molecule has 0 aliphatic heterocycles.